The Labute approximate surface area is 130 Å². The Kier molecular flexibility index (Phi) is 6.42. The van der Waals surface area contributed by atoms with Gasteiger partial charge in [-0.05, 0) is 45.9 Å². The molecule has 0 saturated carbocycles. The first kappa shape index (κ1) is 17.7. The van der Waals surface area contributed by atoms with E-state index < -0.39 is 11.7 Å². The van der Waals surface area contributed by atoms with Gasteiger partial charge in [0, 0.05) is 29.7 Å². The lowest BCUT2D eigenvalue weighted by molar-refractivity contribution is 0.0523. The molecule has 0 aliphatic heterocycles. The highest BCUT2D eigenvalue weighted by molar-refractivity contribution is 6.30. The third-order valence-electron chi connectivity index (χ3n) is 2.60. The van der Waals surface area contributed by atoms with Crippen molar-refractivity contribution in [2.75, 3.05) is 6.54 Å². The molecule has 6 heteroatoms. The maximum absolute atomic E-state index is 13.5. The Bertz CT molecular complexity index is 489. The molecular weight excluding hydrogens is 295 g/mol. The first-order chi connectivity index (χ1) is 9.67. The fraction of sp³-hybridized carbons (Fsp3) is 0.533. The first-order valence-electron chi connectivity index (χ1n) is 6.81. The van der Waals surface area contributed by atoms with E-state index in [9.17, 15) is 9.18 Å². The second-order valence-corrected chi connectivity index (χ2v) is 6.34. The fourth-order valence-corrected chi connectivity index (χ4v) is 1.78. The van der Waals surface area contributed by atoms with Gasteiger partial charge in [-0.25, -0.2) is 9.18 Å². The van der Waals surface area contributed by atoms with Crippen LogP contribution in [-0.2, 0) is 11.3 Å². The van der Waals surface area contributed by atoms with E-state index in [0.29, 0.717) is 23.7 Å². The van der Waals surface area contributed by atoms with Crippen LogP contribution in [0, 0.1) is 5.82 Å². The van der Waals surface area contributed by atoms with Gasteiger partial charge in [0.1, 0.15) is 11.4 Å². The number of halogens is 2. The topological polar surface area (TPSA) is 50.4 Å². The van der Waals surface area contributed by atoms with E-state index in [1.165, 1.54) is 12.1 Å². The monoisotopic (exact) mass is 316 g/mol. The Morgan fingerprint density at radius 2 is 2.10 bits per heavy atom. The highest BCUT2D eigenvalue weighted by Crippen LogP contribution is 2.14. The second kappa shape index (κ2) is 7.61. The van der Waals surface area contributed by atoms with Crippen molar-refractivity contribution in [3.8, 4) is 0 Å². The van der Waals surface area contributed by atoms with Crippen molar-refractivity contribution in [2.24, 2.45) is 0 Å². The van der Waals surface area contributed by atoms with Gasteiger partial charge in [0.05, 0.1) is 0 Å². The predicted molar refractivity (Wildman–Crippen MR) is 81.9 cm³/mol. The second-order valence-electron chi connectivity index (χ2n) is 5.90. The summed E-state index contributed by atoms with van der Waals surface area (Å²) < 4.78 is 18.7. The molecule has 4 nitrogen and oxygen atoms in total. The average molecular weight is 317 g/mol. The van der Waals surface area contributed by atoms with E-state index in [1.54, 1.807) is 26.8 Å². The molecule has 1 atom stereocenters. The molecule has 118 valence electrons. The molecular formula is C15H22ClFN2O2. The SMILES string of the molecule is CC(CNC(=O)OC(C)(C)C)NCc1cc(Cl)ccc1F. The lowest BCUT2D eigenvalue weighted by Crippen LogP contribution is -2.41. The smallest absolute Gasteiger partial charge is 0.407 e. The van der Waals surface area contributed by atoms with Gasteiger partial charge >= 0.3 is 6.09 Å². The van der Waals surface area contributed by atoms with Crippen LogP contribution in [-0.4, -0.2) is 24.3 Å². The number of rotatable bonds is 5. The number of ether oxygens (including phenoxy) is 1. The number of carbonyl (C=O) groups is 1. The molecule has 0 aliphatic rings. The lowest BCUT2D eigenvalue weighted by Gasteiger charge is -2.21. The summed E-state index contributed by atoms with van der Waals surface area (Å²) in [6.07, 6.45) is -0.468. The Balaban J connectivity index is 2.36. The van der Waals surface area contributed by atoms with E-state index in [2.05, 4.69) is 10.6 Å². The number of nitrogens with one attached hydrogen (secondary N) is 2. The van der Waals surface area contributed by atoms with Crippen LogP contribution in [0.4, 0.5) is 9.18 Å². The maximum atomic E-state index is 13.5. The van der Waals surface area contributed by atoms with Crippen LogP contribution in [0.3, 0.4) is 0 Å². The normalized spacial score (nSPS) is 12.9. The van der Waals surface area contributed by atoms with Gasteiger partial charge in [0.2, 0.25) is 0 Å². The van der Waals surface area contributed by atoms with Crippen LogP contribution in [0.25, 0.3) is 0 Å². The molecule has 0 aliphatic carbocycles. The van der Waals surface area contributed by atoms with Gasteiger partial charge in [-0.15, -0.1) is 0 Å². The average Bonchev–Trinajstić information content (AvgIpc) is 2.35. The van der Waals surface area contributed by atoms with Gasteiger partial charge < -0.3 is 15.4 Å². The molecule has 0 spiro atoms. The third kappa shape index (κ3) is 7.29. The van der Waals surface area contributed by atoms with Crippen LogP contribution in [0.1, 0.15) is 33.3 Å². The highest BCUT2D eigenvalue weighted by Gasteiger charge is 2.16. The van der Waals surface area contributed by atoms with Crippen molar-refractivity contribution < 1.29 is 13.9 Å². The number of benzene rings is 1. The van der Waals surface area contributed by atoms with Crippen LogP contribution in [0.2, 0.25) is 5.02 Å². The molecule has 1 aromatic carbocycles. The van der Waals surface area contributed by atoms with E-state index in [4.69, 9.17) is 16.3 Å². The van der Waals surface area contributed by atoms with Gasteiger partial charge in [0.25, 0.3) is 0 Å². The number of alkyl carbamates (subject to hydrolysis) is 1. The van der Waals surface area contributed by atoms with Crippen LogP contribution < -0.4 is 10.6 Å². The summed E-state index contributed by atoms with van der Waals surface area (Å²) >= 11 is 5.83. The van der Waals surface area contributed by atoms with E-state index in [-0.39, 0.29) is 11.9 Å². The fourth-order valence-electron chi connectivity index (χ4n) is 1.59. The zero-order valence-electron chi connectivity index (χ0n) is 12.8. The minimum Gasteiger partial charge on any atom is -0.444 e. The van der Waals surface area contributed by atoms with E-state index >= 15 is 0 Å². The van der Waals surface area contributed by atoms with Crippen LogP contribution in [0.5, 0.6) is 0 Å². The van der Waals surface area contributed by atoms with Crippen molar-refractivity contribution in [3.05, 3.63) is 34.6 Å². The van der Waals surface area contributed by atoms with Crippen molar-refractivity contribution in [1.29, 1.82) is 0 Å². The highest BCUT2D eigenvalue weighted by atomic mass is 35.5. The maximum Gasteiger partial charge on any atom is 0.407 e. The number of carbonyl (C=O) groups excluding carboxylic acids is 1. The summed E-state index contributed by atoms with van der Waals surface area (Å²) in [7, 11) is 0. The summed E-state index contributed by atoms with van der Waals surface area (Å²) in [6.45, 7) is 8.02. The summed E-state index contributed by atoms with van der Waals surface area (Å²) in [5.41, 5.74) is -0.0309. The zero-order valence-corrected chi connectivity index (χ0v) is 13.6. The zero-order chi connectivity index (χ0) is 16.0. The van der Waals surface area contributed by atoms with E-state index in [0.717, 1.165) is 0 Å². The molecule has 1 unspecified atom stereocenters. The van der Waals surface area contributed by atoms with Crippen molar-refractivity contribution in [3.63, 3.8) is 0 Å². The van der Waals surface area contributed by atoms with Crippen LogP contribution in [0.15, 0.2) is 18.2 Å². The van der Waals surface area contributed by atoms with Crippen LogP contribution >= 0.6 is 11.6 Å². The Morgan fingerprint density at radius 1 is 1.43 bits per heavy atom. The third-order valence-corrected chi connectivity index (χ3v) is 2.84. The minimum absolute atomic E-state index is 0.0316. The van der Waals surface area contributed by atoms with E-state index in [1.807, 2.05) is 6.92 Å². The summed E-state index contributed by atoms with van der Waals surface area (Å²) in [4.78, 5) is 11.5. The molecule has 0 radical (unpaired) electrons. The predicted octanol–water partition coefficient (Wildman–Crippen LogP) is 3.48. The lowest BCUT2D eigenvalue weighted by atomic mass is 10.2. The van der Waals surface area contributed by atoms with Gasteiger partial charge in [-0.1, -0.05) is 11.6 Å². The summed E-state index contributed by atoms with van der Waals surface area (Å²) in [5, 5.41) is 6.27. The molecule has 0 saturated heterocycles. The van der Waals surface area contributed by atoms with Gasteiger partial charge in [-0.3, -0.25) is 0 Å². The molecule has 1 rings (SSSR count). The summed E-state index contributed by atoms with van der Waals surface area (Å²) in [6, 6.07) is 4.39. The standard InChI is InChI=1S/C15H22ClFN2O2/c1-10(8-19-14(20)21-15(2,3)4)18-9-11-7-12(16)5-6-13(11)17/h5-7,10,18H,8-9H2,1-4H3,(H,19,20). The Hall–Kier alpha value is -1.33. The van der Waals surface area contributed by atoms with Gasteiger partial charge in [0.15, 0.2) is 0 Å². The molecule has 0 bridgehead atoms. The van der Waals surface area contributed by atoms with Crippen molar-refractivity contribution in [1.82, 2.24) is 10.6 Å². The van der Waals surface area contributed by atoms with Crippen molar-refractivity contribution >= 4 is 17.7 Å². The first-order valence-corrected chi connectivity index (χ1v) is 7.19. The molecule has 1 aromatic rings. The molecule has 1 amide bonds. The summed E-state index contributed by atoms with van der Waals surface area (Å²) in [5.74, 6) is -0.306. The Morgan fingerprint density at radius 3 is 2.71 bits per heavy atom. The minimum atomic E-state index is -0.523. The molecule has 0 fully saturated rings. The quantitative estimate of drug-likeness (QED) is 0.874. The molecule has 0 heterocycles. The number of amides is 1. The number of hydrogen-bond acceptors (Lipinski definition) is 3. The number of hydrogen-bond donors (Lipinski definition) is 2. The van der Waals surface area contributed by atoms with Gasteiger partial charge in [-0.2, -0.15) is 0 Å². The largest absolute Gasteiger partial charge is 0.444 e. The van der Waals surface area contributed by atoms with Crippen molar-refractivity contribution in [2.45, 2.75) is 45.9 Å². The molecule has 0 aromatic heterocycles. The molecule has 21 heavy (non-hydrogen) atoms. The molecule has 2 N–H and O–H groups in total.